The van der Waals surface area contributed by atoms with Gasteiger partial charge in [0.25, 0.3) is 0 Å². The number of hydrogen-bond acceptors (Lipinski definition) is 5. The van der Waals surface area contributed by atoms with Gasteiger partial charge in [-0.15, -0.1) is 0 Å². The number of aromatic amines is 1. The standard InChI is InChI=1S/C24H24N4OS/c1-29-21-10-6-4-8-19(21)23-22-18(17-7-3-5-9-20(17)27-22)11-12-28(23)15-16-13-25-24(30-2)26-14-16/h3-10,13-14,23,27H,11-12,15H2,1-2H3. The maximum absolute atomic E-state index is 5.75. The third-order valence-corrected chi connectivity index (χ3v) is 6.39. The Morgan fingerprint density at radius 3 is 2.67 bits per heavy atom. The number of methoxy groups -OCH3 is 1. The zero-order valence-electron chi connectivity index (χ0n) is 17.1. The van der Waals surface area contributed by atoms with Crippen molar-refractivity contribution in [2.45, 2.75) is 24.2 Å². The van der Waals surface area contributed by atoms with E-state index in [1.54, 1.807) is 18.9 Å². The molecule has 5 nitrogen and oxygen atoms in total. The van der Waals surface area contributed by atoms with Crippen molar-refractivity contribution < 1.29 is 4.74 Å². The van der Waals surface area contributed by atoms with Gasteiger partial charge in [-0.3, -0.25) is 4.90 Å². The summed E-state index contributed by atoms with van der Waals surface area (Å²) in [5, 5.41) is 2.12. The molecule has 1 aliphatic rings. The molecule has 2 aromatic heterocycles. The predicted octanol–water partition coefficient (Wildman–Crippen LogP) is 4.84. The molecule has 30 heavy (non-hydrogen) atoms. The number of rotatable bonds is 5. The Kier molecular flexibility index (Phi) is 5.19. The van der Waals surface area contributed by atoms with Crippen LogP contribution in [0.25, 0.3) is 10.9 Å². The maximum Gasteiger partial charge on any atom is 0.187 e. The van der Waals surface area contributed by atoms with Crippen LogP contribution in [-0.2, 0) is 13.0 Å². The highest BCUT2D eigenvalue weighted by molar-refractivity contribution is 7.98. The van der Waals surface area contributed by atoms with Gasteiger partial charge in [-0.05, 0) is 30.4 Å². The van der Waals surface area contributed by atoms with Gasteiger partial charge in [0.05, 0.1) is 13.2 Å². The Hall–Kier alpha value is -2.83. The average molecular weight is 417 g/mol. The number of nitrogens with one attached hydrogen (secondary N) is 1. The molecular formula is C24H24N4OS. The van der Waals surface area contributed by atoms with E-state index >= 15 is 0 Å². The number of ether oxygens (including phenoxy) is 1. The zero-order chi connectivity index (χ0) is 20.5. The Morgan fingerprint density at radius 2 is 1.87 bits per heavy atom. The van der Waals surface area contributed by atoms with Crippen LogP contribution in [0.15, 0.2) is 66.1 Å². The van der Waals surface area contributed by atoms with E-state index < -0.39 is 0 Å². The van der Waals surface area contributed by atoms with Crippen molar-refractivity contribution in [1.29, 1.82) is 0 Å². The van der Waals surface area contributed by atoms with E-state index in [0.717, 1.165) is 36.0 Å². The summed E-state index contributed by atoms with van der Waals surface area (Å²) < 4.78 is 5.75. The van der Waals surface area contributed by atoms with Gasteiger partial charge in [0.2, 0.25) is 0 Å². The summed E-state index contributed by atoms with van der Waals surface area (Å²) in [6.45, 7) is 1.74. The molecule has 3 heterocycles. The number of hydrogen-bond donors (Lipinski definition) is 1. The molecule has 152 valence electrons. The first kappa shape index (κ1) is 19.2. The van der Waals surface area contributed by atoms with Crippen molar-refractivity contribution in [1.82, 2.24) is 19.9 Å². The van der Waals surface area contributed by atoms with Gasteiger partial charge in [-0.1, -0.05) is 48.2 Å². The van der Waals surface area contributed by atoms with E-state index in [1.807, 2.05) is 30.8 Å². The van der Waals surface area contributed by atoms with E-state index in [9.17, 15) is 0 Å². The quantitative estimate of drug-likeness (QED) is 0.373. The molecule has 0 amide bonds. The fourth-order valence-electron chi connectivity index (χ4n) is 4.47. The largest absolute Gasteiger partial charge is 0.496 e. The van der Waals surface area contributed by atoms with Crippen LogP contribution in [0.2, 0.25) is 0 Å². The van der Waals surface area contributed by atoms with Crippen molar-refractivity contribution in [3.05, 3.63) is 83.3 Å². The number of fused-ring (bicyclic) bond motifs is 3. The van der Waals surface area contributed by atoms with Gasteiger partial charge < -0.3 is 9.72 Å². The summed E-state index contributed by atoms with van der Waals surface area (Å²) in [5.74, 6) is 0.910. The maximum atomic E-state index is 5.75. The van der Waals surface area contributed by atoms with E-state index in [0.29, 0.717) is 0 Å². The molecule has 1 unspecified atom stereocenters. The van der Waals surface area contributed by atoms with Crippen LogP contribution < -0.4 is 4.74 Å². The predicted molar refractivity (Wildman–Crippen MR) is 121 cm³/mol. The highest BCUT2D eigenvalue weighted by Gasteiger charge is 2.33. The number of thioether (sulfide) groups is 1. The lowest BCUT2D eigenvalue weighted by Gasteiger charge is -2.36. The third-order valence-electron chi connectivity index (χ3n) is 5.82. The van der Waals surface area contributed by atoms with E-state index in [4.69, 9.17) is 4.74 Å². The second-order valence-electron chi connectivity index (χ2n) is 7.51. The highest BCUT2D eigenvalue weighted by Crippen LogP contribution is 2.41. The van der Waals surface area contributed by atoms with Crippen LogP contribution in [-0.4, -0.2) is 39.8 Å². The molecule has 4 aromatic rings. The van der Waals surface area contributed by atoms with Crippen LogP contribution in [0.1, 0.15) is 28.4 Å². The van der Waals surface area contributed by atoms with Crippen LogP contribution in [0.4, 0.5) is 0 Å². The molecule has 2 aromatic carbocycles. The molecule has 0 aliphatic carbocycles. The van der Waals surface area contributed by atoms with E-state index in [-0.39, 0.29) is 6.04 Å². The first-order valence-electron chi connectivity index (χ1n) is 10.1. The average Bonchev–Trinajstić information content (AvgIpc) is 3.18. The zero-order valence-corrected chi connectivity index (χ0v) is 17.9. The van der Waals surface area contributed by atoms with E-state index in [2.05, 4.69) is 56.3 Å². The molecule has 0 fully saturated rings. The Labute approximate surface area is 180 Å². The van der Waals surface area contributed by atoms with Gasteiger partial charge >= 0.3 is 0 Å². The first-order chi connectivity index (χ1) is 14.8. The fraction of sp³-hybridized carbons (Fsp3) is 0.250. The van der Waals surface area contributed by atoms with Crippen molar-refractivity contribution >= 4 is 22.7 Å². The number of aromatic nitrogens is 3. The summed E-state index contributed by atoms with van der Waals surface area (Å²) in [6, 6.07) is 17.0. The summed E-state index contributed by atoms with van der Waals surface area (Å²) >= 11 is 1.56. The topological polar surface area (TPSA) is 54.0 Å². The Bertz CT molecular complexity index is 1170. The molecule has 0 saturated heterocycles. The van der Waals surface area contributed by atoms with Crippen molar-refractivity contribution in [2.24, 2.45) is 0 Å². The van der Waals surface area contributed by atoms with Crippen LogP contribution >= 0.6 is 11.8 Å². The molecule has 0 bridgehead atoms. The van der Waals surface area contributed by atoms with Gasteiger partial charge in [0.15, 0.2) is 5.16 Å². The smallest absolute Gasteiger partial charge is 0.187 e. The molecular weight excluding hydrogens is 392 g/mol. The lowest BCUT2D eigenvalue weighted by Crippen LogP contribution is -2.36. The molecule has 6 heteroatoms. The van der Waals surface area contributed by atoms with Crippen molar-refractivity contribution in [3.8, 4) is 5.75 Å². The second kappa shape index (κ2) is 8.13. The minimum Gasteiger partial charge on any atom is -0.496 e. The molecule has 0 spiro atoms. The summed E-state index contributed by atoms with van der Waals surface area (Å²) in [7, 11) is 1.74. The van der Waals surface area contributed by atoms with Crippen LogP contribution in [0, 0.1) is 0 Å². The molecule has 5 rings (SSSR count). The first-order valence-corrected chi connectivity index (χ1v) is 11.3. The van der Waals surface area contributed by atoms with E-state index in [1.165, 1.54) is 27.7 Å². The normalized spacial score (nSPS) is 16.5. The summed E-state index contributed by atoms with van der Waals surface area (Å²) in [5.41, 5.74) is 6.15. The van der Waals surface area contributed by atoms with Crippen LogP contribution in [0.5, 0.6) is 5.75 Å². The number of nitrogens with zero attached hydrogens (tertiary/aromatic N) is 3. The Morgan fingerprint density at radius 1 is 1.10 bits per heavy atom. The monoisotopic (exact) mass is 416 g/mol. The number of benzene rings is 2. The third kappa shape index (κ3) is 3.36. The molecule has 1 aliphatic heterocycles. The number of H-pyrrole nitrogens is 1. The minimum absolute atomic E-state index is 0.0810. The molecule has 0 saturated carbocycles. The molecule has 1 N–H and O–H groups in total. The second-order valence-corrected chi connectivity index (χ2v) is 8.28. The van der Waals surface area contributed by atoms with Gasteiger partial charge in [0.1, 0.15) is 5.75 Å². The van der Waals surface area contributed by atoms with Gasteiger partial charge in [-0.2, -0.15) is 0 Å². The van der Waals surface area contributed by atoms with Gasteiger partial charge in [-0.25, -0.2) is 9.97 Å². The molecule has 1 atom stereocenters. The summed E-state index contributed by atoms with van der Waals surface area (Å²) in [4.78, 5) is 15.1. The lowest BCUT2D eigenvalue weighted by molar-refractivity contribution is 0.198. The van der Waals surface area contributed by atoms with Crippen molar-refractivity contribution in [2.75, 3.05) is 19.9 Å². The number of para-hydroxylation sites is 2. The van der Waals surface area contributed by atoms with Gasteiger partial charge in [0, 0.05) is 53.2 Å². The molecule has 0 radical (unpaired) electrons. The van der Waals surface area contributed by atoms with Crippen LogP contribution in [0.3, 0.4) is 0 Å². The SMILES string of the molecule is COc1ccccc1C1c2[nH]c3ccccc3c2CCN1Cc1cnc(SC)nc1. The minimum atomic E-state index is 0.0810. The lowest BCUT2D eigenvalue weighted by atomic mass is 9.91. The summed E-state index contributed by atoms with van der Waals surface area (Å²) in [6.07, 6.45) is 6.89. The highest BCUT2D eigenvalue weighted by atomic mass is 32.2. The van der Waals surface area contributed by atoms with Crippen molar-refractivity contribution in [3.63, 3.8) is 0 Å². The Balaban J connectivity index is 1.61. The fourth-order valence-corrected chi connectivity index (χ4v) is 4.79.